The molecule has 1 aliphatic carbocycles. The highest BCUT2D eigenvalue weighted by atomic mass is 16.5. The first-order valence-electron chi connectivity index (χ1n) is 7.32. The summed E-state index contributed by atoms with van der Waals surface area (Å²) >= 11 is 0. The van der Waals surface area contributed by atoms with E-state index in [1.807, 2.05) is 13.0 Å². The van der Waals surface area contributed by atoms with Gasteiger partial charge in [-0.05, 0) is 37.7 Å². The molecule has 1 aliphatic rings. The summed E-state index contributed by atoms with van der Waals surface area (Å²) in [5, 5.41) is 4.12. The molecule has 2 aromatic heterocycles. The summed E-state index contributed by atoms with van der Waals surface area (Å²) in [6.07, 6.45) is 6.51. The van der Waals surface area contributed by atoms with Gasteiger partial charge in [0.2, 0.25) is 0 Å². The molecule has 2 aromatic rings. The van der Waals surface area contributed by atoms with Crippen LogP contribution in [0, 0.1) is 5.92 Å². The number of furan rings is 1. The lowest BCUT2D eigenvalue weighted by atomic mass is 9.77. The molecule has 0 spiro atoms. The van der Waals surface area contributed by atoms with Crippen LogP contribution >= 0.6 is 0 Å². The van der Waals surface area contributed by atoms with Crippen molar-refractivity contribution in [3.8, 4) is 11.5 Å². The highest BCUT2D eigenvalue weighted by Gasteiger charge is 2.36. The van der Waals surface area contributed by atoms with Crippen LogP contribution in [0.5, 0.6) is 0 Å². The number of rotatable bonds is 3. The fourth-order valence-electron chi connectivity index (χ4n) is 2.84. The second kappa shape index (κ2) is 5.05. The minimum Gasteiger partial charge on any atom is -0.469 e. The molecule has 1 fully saturated rings. The van der Waals surface area contributed by atoms with Gasteiger partial charge in [0.25, 0.3) is 5.89 Å². The Labute approximate surface area is 118 Å². The number of aryl methyl sites for hydroxylation is 1. The van der Waals surface area contributed by atoms with E-state index < -0.39 is 5.54 Å². The summed E-state index contributed by atoms with van der Waals surface area (Å²) in [4.78, 5) is 4.52. The lowest BCUT2D eigenvalue weighted by molar-refractivity contribution is 0.230. The normalized spacial score (nSPS) is 26.9. The number of nitrogens with two attached hydrogens (primary N) is 1. The molecular formula is C15H21N3O2. The summed E-state index contributed by atoms with van der Waals surface area (Å²) in [5.74, 6) is 2.74. The van der Waals surface area contributed by atoms with Gasteiger partial charge >= 0.3 is 0 Å². The maximum Gasteiger partial charge on any atom is 0.261 e. The fourth-order valence-corrected chi connectivity index (χ4v) is 2.84. The lowest BCUT2D eigenvalue weighted by Crippen LogP contribution is -2.41. The van der Waals surface area contributed by atoms with E-state index in [1.54, 1.807) is 6.26 Å². The number of aromatic nitrogens is 2. The van der Waals surface area contributed by atoms with E-state index >= 15 is 0 Å². The zero-order valence-corrected chi connectivity index (χ0v) is 12.1. The van der Waals surface area contributed by atoms with Gasteiger partial charge in [-0.2, -0.15) is 4.98 Å². The standard InChI is InChI=1S/C15H21N3O2/c1-3-12-11(6-9-19-12)13-17-14(18-20-13)15(16)7-4-10(2)5-8-15/h6,9-10H,3-5,7-8,16H2,1-2H3. The molecule has 0 aliphatic heterocycles. The van der Waals surface area contributed by atoms with Crippen LogP contribution in [0.25, 0.3) is 11.5 Å². The molecule has 2 N–H and O–H groups in total. The van der Waals surface area contributed by atoms with Crippen LogP contribution in [0.4, 0.5) is 0 Å². The fraction of sp³-hybridized carbons (Fsp3) is 0.600. The monoisotopic (exact) mass is 275 g/mol. The maximum absolute atomic E-state index is 6.47. The Morgan fingerprint density at radius 3 is 2.85 bits per heavy atom. The topological polar surface area (TPSA) is 78.1 Å². The van der Waals surface area contributed by atoms with Crippen LogP contribution in [0.1, 0.15) is 51.1 Å². The van der Waals surface area contributed by atoms with Gasteiger partial charge in [0.15, 0.2) is 5.82 Å². The molecule has 2 heterocycles. The Morgan fingerprint density at radius 2 is 2.15 bits per heavy atom. The van der Waals surface area contributed by atoms with Crippen molar-refractivity contribution in [3.05, 3.63) is 23.9 Å². The zero-order chi connectivity index (χ0) is 14.2. The van der Waals surface area contributed by atoms with Crippen LogP contribution < -0.4 is 5.73 Å². The smallest absolute Gasteiger partial charge is 0.261 e. The van der Waals surface area contributed by atoms with E-state index in [0.29, 0.717) is 11.7 Å². The second-order valence-corrected chi connectivity index (χ2v) is 5.87. The van der Waals surface area contributed by atoms with Gasteiger partial charge < -0.3 is 14.7 Å². The Hall–Kier alpha value is -1.62. The van der Waals surface area contributed by atoms with Gasteiger partial charge in [-0.15, -0.1) is 0 Å². The molecular weight excluding hydrogens is 254 g/mol. The molecule has 0 radical (unpaired) electrons. The molecule has 0 amide bonds. The van der Waals surface area contributed by atoms with Crippen LogP contribution in [-0.4, -0.2) is 10.1 Å². The average Bonchev–Trinajstić information content (AvgIpc) is 3.09. The van der Waals surface area contributed by atoms with E-state index in [0.717, 1.165) is 49.3 Å². The third kappa shape index (κ3) is 2.26. The Morgan fingerprint density at radius 1 is 1.40 bits per heavy atom. The van der Waals surface area contributed by atoms with Crippen molar-refractivity contribution in [3.63, 3.8) is 0 Å². The molecule has 5 heteroatoms. The summed E-state index contributed by atoms with van der Waals surface area (Å²) < 4.78 is 10.8. The highest BCUT2D eigenvalue weighted by molar-refractivity contribution is 5.55. The van der Waals surface area contributed by atoms with E-state index in [1.165, 1.54) is 0 Å². The SMILES string of the molecule is CCc1occc1-c1nc(C2(N)CCC(C)CC2)no1. The Bertz CT molecular complexity index is 579. The van der Waals surface area contributed by atoms with Gasteiger partial charge in [0.05, 0.1) is 17.4 Å². The molecule has 20 heavy (non-hydrogen) atoms. The average molecular weight is 275 g/mol. The molecule has 5 nitrogen and oxygen atoms in total. The minimum atomic E-state index is -0.440. The first kappa shape index (κ1) is 13.4. The van der Waals surface area contributed by atoms with E-state index in [9.17, 15) is 0 Å². The largest absolute Gasteiger partial charge is 0.469 e. The number of hydrogen-bond acceptors (Lipinski definition) is 5. The predicted octanol–water partition coefficient (Wildman–Crippen LogP) is 3.26. The molecule has 0 saturated heterocycles. The molecule has 0 atom stereocenters. The molecule has 0 bridgehead atoms. The van der Waals surface area contributed by atoms with E-state index in [4.69, 9.17) is 14.7 Å². The summed E-state index contributed by atoms with van der Waals surface area (Å²) in [6, 6.07) is 1.86. The number of hydrogen-bond donors (Lipinski definition) is 1. The van der Waals surface area contributed by atoms with Crippen LogP contribution in [0.3, 0.4) is 0 Å². The van der Waals surface area contributed by atoms with Gasteiger partial charge in [-0.25, -0.2) is 0 Å². The van der Waals surface area contributed by atoms with Crippen molar-refractivity contribution in [1.82, 2.24) is 10.1 Å². The first-order chi connectivity index (χ1) is 9.62. The quantitative estimate of drug-likeness (QED) is 0.930. The van der Waals surface area contributed by atoms with Crippen molar-refractivity contribution in [2.75, 3.05) is 0 Å². The maximum atomic E-state index is 6.47. The van der Waals surface area contributed by atoms with Crippen molar-refractivity contribution < 1.29 is 8.94 Å². The van der Waals surface area contributed by atoms with Crippen LogP contribution in [-0.2, 0) is 12.0 Å². The van der Waals surface area contributed by atoms with Gasteiger partial charge in [-0.3, -0.25) is 0 Å². The molecule has 0 aromatic carbocycles. The third-order valence-corrected chi connectivity index (χ3v) is 4.33. The predicted molar refractivity (Wildman–Crippen MR) is 74.9 cm³/mol. The molecule has 108 valence electrons. The number of nitrogens with zero attached hydrogens (tertiary/aromatic N) is 2. The van der Waals surface area contributed by atoms with Gasteiger partial charge in [-0.1, -0.05) is 19.0 Å². The Kier molecular flexibility index (Phi) is 3.38. The summed E-state index contributed by atoms with van der Waals surface area (Å²) in [6.45, 7) is 4.30. The molecule has 0 unspecified atom stereocenters. The summed E-state index contributed by atoms with van der Waals surface area (Å²) in [7, 11) is 0. The minimum absolute atomic E-state index is 0.440. The van der Waals surface area contributed by atoms with Crippen molar-refractivity contribution >= 4 is 0 Å². The van der Waals surface area contributed by atoms with Crippen molar-refractivity contribution in [1.29, 1.82) is 0 Å². The van der Waals surface area contributed by atoms with E-state index in [-0.39, 0.29) is 0 Å². The Balaban J connectivity index is 1.87. The van der Waals surface area contributed by atoms with Crippen LogP contribution in [0.15, 0.2) is 21.3 Å². The van der Waals surface area contributed by atoms with E-state index in [2.05, 4.69) is 17.1 Å². The van der Waals surface area contributed by atoms with Gasteiger partial charge in [0.1, 0.15) is 5.76 Å². The second-order valence-electron chi connectivity index (χ2n) is 5.87. The highest BCUT2D eigenvalue weighted by Crippen LogP contribution is 2.37. The molecule has 3 rings (SSSR count). The van der Waals surface area contributed by atoms with Crippen molar-refractivity contribution in [2.24, 2.45) is 11.7 Å². The zero-order valence-electron chi connectivity index (χ0n) is 12.1. The molecule has 1 saturated carbocycles. The first-order valence-corrected chi connectivity index (χ1v) is 7.32. The van der Waals surface area contributed by atoms with Gasteiger partial charge in [0, 0.05) is 6.42 Å². The summed E-state index contributed by atoms with van der Waals surface area (Å²) in [5.41, 5.74) is 6.91. The van der Waals surface area contributed by atoms with Crippen LogP contribution in [0.2, 0.25) is 0 Å². The van der Waals surface area contributed by atoms with Crippen molar-refractivity contribution in [2.45, 2.75) is 51.5 Å². The third-order valence-electron chi connectivity index (χ3n) is 4.33. The lowest BCUT2D eigenvalue weighted by Gasteiger charge is -2.33.